The molecule has 0 radical (unpaired) electrons. The zero-order valence-corrected chi connectivity index (χ0v) is 20.7. The summed E-state index contributed by atoms with van der Waals surface area (Å²) in [6.07, 6.45) is 14.4. The van der Waals surface area contributed by atoms with Gasteiger partial charge in [0, 0.05) is 7.79 Å². The van der Waals surface area contributed by atoms with Crippen LogP contribution in [0.1, 0.15) is 124 Å². The molecule has 0 aliphatic carbocycles. The summed E-state index contributed by atoms with van der Waals surface area (Å²) in [5.74, 6) is -0.465. The topological polar surface area (TPSA) is 127 Å². The molecule has 0 aromatic heterocycles. The standard InChI is InChI=1S/C26H52O7/c1-2-3-4-5-6-7-8-9-10-11-12-13-14-15-16-17-18-19-24(30)33-21-23(29)26(32)25(31)22(28)20-27/h22-23,25-29,31-32H,2-21H2,1H3/t22-,23+,25+,26+/m0/s1/i1D. The smallest absolute Gasteiger partial charge is 0.305 e. The van der Waals surface area contributed by atoms with E-state index in [9.17, 15) is 25.2 Å². The van der Waals surface area contributed by atoms with Crippen LogP contribution in [0.5, 0.6) is 0 Å². The van der Waals surface area contributed by atoms with Gasteiger partial charge in [-0.2, -0.15) is 0 Å². The van der Waals surface area contributed by atoms with Gasteiger partial charge in [0.2, 0.25) is 0 Å². The first-order valence-electron chi connectivity index (χ1n) is 13.9. The number of hydrogen-bond donors (Lipinski definition) is 5. The minimum atomic E-state index is -1.72. The lowest BCUT2D eigenvalue weighted by molar-refractivity contribution is -0.156. The number of rotatable bonds is 24. The summed E-state index contributed by atoms with van der Waals surface area (Å²) >= 11 is 0. The quantitative estimate of drug-likeness (QED) is 0.105. The van der Waals surface area contributed by atoms with Crippen LogP contribution in [0, 0.1) is 0 Å². The molecule has 0 unspecified atom stereocenters. The van der Waals surface area contributed by atoms with Crippen LogP contribution in [0.2, 0.25) is 0 Å². The van der Waals surface area contributed by atoms with Gasteiger partial charge in [0.05, 0.1) is 6.61 Å². The van der Waals surface area contributed by atoms with Crippen LogP contribution in [0.25, 0.3) is 0 Å². The summed E-state index contributed by atoms with van der Waals surface area (Å²) in [5.41, 5.74) is 0. The van der Waals surface area contributed by atoms with E-state index in [0.717, 1.165) is 19.3 Å². The zero-order chi connectivity index (χ0) is 25.4. The molecule has 7 nitrogen and oxygen atoms in total. The van der Waals surface area contributed by atoms with Crippen molar-refractivity contribution in [3.8, 4) is 0 Å². The van der Waals surface area contributed by atoms with Gasteiger partial charge < -0.3 is 30.3 Å². The number of hydrogen-bond acceptors (Lipinski definition) is 7. The summed E-state index contributed by atoms with van der Waals surface area (Å²) in [7, 11) is 0. The van der Waals surface area contributed by atoms with E-state index in [1.165, 1.54) is 83.5 Å². The maximum absolute atomic E-state index is 11.7. The van der Waals surface area contributed by atoms with Gasteiger partial charge in [-0.25, -0.2) is 0 Å². The number of carbonyl (C=O) groups is 1. The monoisotopic (exact) mass is 477 g/mol. The Morgan fingerprint density at radius 1 is 0.667 bits per heavy atom. The molecule has 4 atom stereocenters. The Hall–Kier alpha value is -0.730. The molecule has 0 aromatic carbocycles. The van der Waals surface area contributed by atoms with Crippen molar-refractivity contribution in [3.05, 3.63) is 0 Å². The summed E-state index contributed by atoms with van der Waals surface area (Å²) < 4.78 is 12.0. The molecular weight excluding hydrogens is 424 g/mol. The Balaban J connectivity index is 3.40. The van der Waals surface area contributed by atoms with Crippen LogP contribution in [-0.2, 0) is 9.53 Å². The largest absolute Gasteiger partial charge is 0.463 e. The van der Waals surface area contributed by atoms with Crippen molar-refractivity contribution < 1.29 is 36.4 Å². The van der Waals surface area contributed by atoms with Crippen LogP contribution >= 0.6 is 0 Å². The van der Waals surface area contributed by atoms with E-state index in [1.54, 1.807) is 0 Å². The number of esters is 1. The van der Waals surface area contributed by atoms with E-state index >= 15 is 0 Å². The SMILES string of the molecule is [2H]CCCCCCCCCCCCCCCCCCCC(=O)OC[C@@H](O)[C@@H](O)[C@H](O)[C@@H](O)CO. The van der Waals surface area contributed by atoms with Crippen LogP contribution in [0.4, 0.5) is 0 Å². The lowest BCUT2D eigenvalue weighted by atomic mass is 10.0. The number of aliphatic hydroxyl groups excluding tert-OH is 5. The Labute approximate surface area is 203 Å². The Morgan fingerprint density at radius 2 is 1.06 bits per heavy atom. The molecule has 33 heavy (non-hydrogen) atoms. The van der Waals surface area contributed by atoms with Crippen molar-refractivity contribution >= 4 is 5.97 Å². The van der Waals surface area contributed by atoms with Crippen molar-refractivity contribution in [2.75, 3.05) is 13.2 Å². The molecule has 0 aliphatic heterocycles. The Morgan fingerprint density at radius 3 is 1.48 bits per heavy atom. The van der Waals surface area contributed by atoms with E-state index in [4.69, 9.17) is 11.2 Å². The fourth-order valence-electron chi connectivity index (χ4n) is 3.83. The van der Waals surface area contributed by atoms with Gasteiger partial charge in [-0.3, -0.25) is 4.79 Å². The lowest BCUT2D eigenvalue weighted by Crippen LogP contribution is -2.47. The summed E-state index contributed by atoms with van der Waals surface area (Å²) in [6.45, 7) is -0.644. The highest BCUT2D eigenvalue weighted by Crippen LogP contribution is 2.14. The van der Waals surface area contributed by atoms with E-state index in [1.807, 2.05) is 0 Å². The molecule has 198 valence electrons. The van der Waals surface area contributed by atoms with Crippen LogP contribution in [0.3, 0.4) is 0 Å². The first kappa shape index (κ1) is 30.3. The second-order valence-electron chi connectivity index (χ2n) is 9.24. The lowest BCUT2D eigenvalue weighted by Gasteiger charge is -2.25. The molecule has 7 heteroatoms. The molecule has 0 bridgehead atoms. The third-order valence-corrected chi connectivity index (χ3v) is 6.12. The minimum Gasteiger partial charge on any atom is -0.463 e. The minimum absolute atomic E-state index is 0.246. The molecule has 5 N–H and O–H groups in total. The summed E-state index contributed by atoms with van der Waals surface area (Å²) in [6, 6.07) is 0. The van der Waals surface area contributed by atoms with Gasteiger partial charge in [0.1, 0.15) is 31.0 Å². The highest BCUT2D eigenvalue weighted by Gasteiger charge is 2.30. The molecule has 0 heterocycles. The van der Waals surface area contributed by atoms with Gasteiger partial charge in [-0.05, 0) is 6.42 Å². The van der Waals surface area contributed by atoms with Gasteiger partial charge in [-0.15, -0.1) is 0 Å². The zero-order valence-electron chi connectivity index (χ0n) is 21.7. The van der Waals surface area contributed by atoms with Crippen molar-refractivity contribution in [2.24, 2.45) is 0 Å². The third kappa shape index (κ3) is 19.3. The number of aliphatic hydroxyl groups is 5. The average molecular weight is 478 g/mol. The van der Waals surface area contributed by atoms with Crippen molar-refractivity contribution in [1.82, 2.24) is 0 Å². The van der Waals surface area contributed by atoms with E-state index in [-0.39, 0.29) is 6.42 Å². The Bertz CT molecular complexity index is 453. The highest BCUT2D eigenvalue weighted by molar-refractivity contribution is 5.69. The molecule has 0 aromatic rings. The van der Waals surface area contributed by atoms with Crippen molar-refractivity contribution in [3.63, 3.8) is 0 Å². The molecular formula is C26H52O7. The molecule has 0 saturated heterocycles. The number of ether oxygens (including phenoxy) is 1. The second kappa shape index (κ2) is 23.0. The molecule has 0 spiro atoms. The molecule has 0 fully saturated rings. The van der Waals surface area contributed by atoms with E-state index in [0.29, 0.717) is 13.3 Å². The second-order valence-corrected chi connectivity index (χ2v) is 9.24. The predicted molar refractivity (Wildman–Crippen MR) is 131 cm³/mol. The van der Waals surface area contributed by atoms with Crippen LogP contribution < -0.4 is 0 Å². The molecule has 0 saturated carbocycles. The number of unbranched alkanes of at least 4 members (excludes halogenated alkanes) is 16. The Kier molecular flexibility index (Phi) is 21.1. The maximum Gasteiger partial charge on any atom is 0.305 e. The third-order valence-electron chi connectivity index (χ3n) is 6.12. The summed E-state index contributed by atoms with van der Waals surface area (Å²) in [5, 5.41) is 46.9. The highest BCUT2D eigenvalue weighted by atomic mass is 16.5. The van der Waals surface area contributed by atoms with E-state index < -0.39 is 43.6 Å². The fourth-order valence-corrected chi connectivity index (χ4v) is 3.83. The van der Waals surface area contributed by atoms with Crippen LogP contribution in [-0.4, -0.2) is 69.1 Å². The molecule has 0 rings (SSSR count). The van der Waals surface area contributed by atoms with Crippen LogP contribution in [0.15, 0.2) is 0 Å². The number of carbonyl (C=O) groups excluding carboxylic acids is 1. The van der Waals surface area contributed by atoms with Gasteiger partial charge in [-0.1, -0.05) is 110 Å². The maximum atomic E-state index is 11.7. The normalized spacial score (nSPS) is 15.6. The van der Waals surface area contributed by atoms with Gasteiger partial charge in [0.15, 0.2) is 0 Å². The molecule has 0 aliphatic rings. The van der Waals surface area contributed by atoms with Gasteiger partial charge in [0.25, 0.3) is 0 Å². The molecule has 0 amide bonds. The van der Waals surface area contributed by atoms with Crippen molar-refractivity contribution in [1.29, 1.82) is 0 Å². The van der Waals surface area contributed by atoms with E-state index in [2.05, 4.69) is 0 Å². The fraction of sp³-hybridized carbons (Fsp3) is 0.962. The predicted octanol–water partition coefficient (Wildman–Crippen LogP) is 4.01. The summed E-state index contributed by atoms with van der Waals surface area (Å²) in [4.78, 5) is 11.7. The van der Waals surface area contributed by atoms with Gasteiger partial charge >= 0.3 is 5.97 Å². The first-order chi connectivity index (χ1) is 16.4. The first-order valence-corrected chi connectivity index (χ1v) is 13.2. The van der Waals surface area contributed by atoms with Crippen molar-refractivity contribution in [2.45, 2.75) is 147 Å². The average Bonchev–Trinajstić information content (AvgIpc) is 2.84.